The van der Waals surface area contributed by atoms with Gasteiger partial charge in [-0.25, -0.2) is 13.1 Å². The van der Waals surface area contributed by atoms with Crippen LogP contribution in [0, 0.1) is 12.3 Å². The molecule has 2 aromatic rings. The minimum Gasteiger partial charge on any atom is -0.345 e. The lowest BCUT2D eigenvalue weighted by atomic mass is 10.4. The highest BCUT2D eigenvalue weighted by Gasteiger charge is 2.15. The van der Waals surface area contributed by atoms with E-state index in [1.807, 2.05) is 0 Å². The van der Waals surface area contributed by atoms with Crippen molar-refractivity contribution in [2.45, 2.75) is 10.6 Å². The van der Waals surface area contributed by atoms with Gasteiger partial charge in [0.05, 0.1) is 28.7 Å². The predicted octanol–water partition coefficient (Wildman–Crippen LogP) is 2.53. The van der Waals surface area contributed by atoms with Gasteiger partial charge in [0.15, 0.2) is 0 Å². The Kier molecular flexibility index (Phi) is 8.45. The number of hydrogen-bond acceptors (Lipinski definition) is 5. The van der Waals surface area contributed by atoms with Crippen molar-refractivity contribution in [3.05, 3.63) is 59.4 Å². The van der Waals surface area contributed by atoms with Crippen molar-refractivity contribution in [3.8, 4) is 12.3 Å². The molecule has 0 amide bonds. The van der Waals surface area contributed by atoms with Gasteiger partial charge in [0.25, 0.3) is 10.0 Å². The highest BCUT2D eigenvalue weighted by atomic mass is 35.5. The number of pyridine rings is 1. The zero-order valence-electron chi connectivity index (χ0n) is 14.4. The molecule has 2 N–H and O–H groups in total. The number of rotatable bonds is 8. The fourth-order valence-electron chi connectivity index (χ4n) is 1.96. The molecule has 27 heavy (non-hydrogen) atoms. The van der Waals surface area contributed by atoms with Gasteiger partial charge < -0.3 is 5.32 Å². The fraction of sp³-hybridized carbons (Fsp3) is 0.222. The third-order valence-corrected chi connectivity index (χ3v) is 5.87. The maximum Gasteiger partial charge on any atom is 0.264 e. The molecule has 1 aromatic heterocycles. The normalized spacial score (nSPS) is 11.6. The first kappa shape index (κ1) is 21.1. The summed E-state index contributed by atoms with van der Waals surface area (Å²) in [6.45, 7) is 0.562. The molecule has 0 radical (unpaired) electrons. The Morgan fingerprint density at radius 3 is 2.74 bits per heavy atom. The van der Waals surface area contributed by atoms with Crippen LogP contribution >= 0.6 is 23.4 Å². The number of aliphatic imine (C=N–C) groups is 1. The summed E-state index contributed by atoms with van der Waals surface area (Å²) in [5.74, 6) is 3.84. The van der Waals surface area contributed by atoms with Crippen LogP contribution in [0.15, 0.2) is 58.5 Å². The molecule has 142 valence electrons. The molecule has 0 aliphatic rings. The fourth-order valence-corrected chi connectivity index (χ4v) is 4.04. The molecule has 2 rings (SSSR count). The number of nitrogens with one attached hydrogen (secondary N) is 2. The third-order valence-electron chi connectivity index (χ3n) is 3.22. The van der Waals surface area contributed by atoms with Crippen LogP contribution in [-0.4, -0.2) is 38.2 Å². The van der Waals surface area contributed by atoms with Crippen LogP contribution < -0.4 is 10.0 Å². The third kappa shape index (κ3) is 7.13. The van der Waals surface area contributed by atoms with Crippen molar-refractivity contribution in [2.75, 3.05) is 18.8 Å². The summed E-state index contributed by atoms with van der Waals surface area (Å²) in [4.78, 5) is 8.64. The van der Waals surface area contributed by atoms with Crippen molar-refractivity contribution in [1.82, 2.24) is 15.0 Å². The zero-order chi connectivity index (χ0) is 19.5. The number of guanidine groups is 1. The van der Waals surface area contributed by atoms with Crippen LogP contribution in [0.1, 0.15) is 5.69 Å². The largest absolute Gasteiger partial charge is 0.345 e. The summed E-state index contributed by atoms with van der Waals surface area (Å²) in [5, 5.41) is 3.42. The number of thioether (sulfide) groups is 1. The summed E-state index contributed by atoms with van der Waals surface area (Å²) < 4.78 is 27.2. The number of aromatic nitrogens is 1. The smallest absolute Gasteiger partial charge is 0.264 e. The average molecular weight is 423 g/mol. The van der Waals surface area contributed by atoms with E-state index in [9.17, 15) is 8.42 Å². The van der Waals surface area contributed by atoms with Crippen molar-refractivity contribution < 1.29 is 8.42 Å². The van der Waals surface area contributed by atoms with Crippen molar-refractivity contribution in [3.63, 3.8) is 0 Å². The lowest BCUT2D eigenvalue weighted by molar-refractivity contribution is 0.591. The van der Waals surface area contributed by atoms with Crippen LogP contribution in [0.5, 0.6) is 0 Å². The minimum absolute atomic E-state index is 0.119. The van der Waals surface area contributed by atoms with E-state index in [0.29, 0.717) is 23.1 Å². The van der Waals surface area contributed by atoms with E-state index < -0.39 is 10.0 Å². The second kappa shape index (κ2) is 10.8. The number of hydrogen-bond donors (Lipinski definition) is 2. The van der Waals surface area contributed by atoms with E-state index in [4.69, 9.17) is 18.0 Å². The first-order chi connectivity index (χ1) is 13.0. The molecule has 0 fully saturated rings. The van der Waals surface area contributed by atoms with Gasteiger partial charge in [-0.15, -0.1) is 6.42 Å². The molecule has 0 spiro atoms. The summed E-state index contributed by atoms with van der Waals surface area (Å²) in [5.41, 5.74) is 0.809. The van der Waals surface area contributed by atoms with E-state index in [1.165, 1.54) is 12.1 Å². The molecule has 0 saturated heterocycles. The van der Waals surface area contributed by atoms with Crippen LogP contribution in [0.3, 0.4) is 0 Å². The second-order valence-corrected chi connectivity index (χ2v) is 8.39. The number of sulfonamides is 1. The van der Waals surface area contributed by atoms with Gasteiger partial charge in [0, 0.05) is 17.7 Å². The molecule has 6 nitrogen and oxygen atoms in total. The Labute approximate surface area is 168 Å². The standard InChI is InChI=1S/C18H19ClN4O2S2/c1-2-10-21-18(23-27(24,25)15-7-4-3-5-8-15)22-12-13-26-14-17-16(19)9-6-11-20-17/h1,3-9,11H,10,12-14H2,(H2,21,22,23). The maximum atomic E-state index is 12.4. The Morgan fingerprint density at radius 2 is 2.04 bits per heavy atom. The molecule has 0 atom stereocenters. The molecule has 0 saturated carbocycles. The first-order valence-electron chi connectivity index (χ1n) is 7.99. The quantitative estimate of drug-likeness (QED) is 0.295. The Morgan fingerprint density at radius 1 is 1.26 bits per heavy atom. The average Bonchev–Trinajstić information content (AvgIpc) is 2.67. The van der Waals surface area contributed by atoms with Gasteiger partial charge >= 0.3 is 0 Å². The van der Waals surface area contributed by atoms with Crippen molar-refractivity contribution in [2.24, 2.45) is 4.99 Å². The lowest BCUT2D eigenvalue weighted by Gasteiger charge is -2.11. The highest BCUT2D eigenvalue weighted by Crippen LogP contribution is 2.18. The molecule has 0 aliphatic carbocycles. The number of nitrogens with zero attached hydrogens (tertiary/aromatic N) is 2. The topological polar surface area (TPSA) is 83.4 Å². The van der Waals surface area contributed by atoms with Crippen LogP contribution in [0.2, 0.25) is 5.02 Å². The summed E-state index contributed by atoms with van der Waals surface area (Å²) in [6.07, 6.45) is 6.93. The summed E-state index contributed by atoms with van der Waals surface area (Å²) >= 11 is 7.67. The highest BCUT2D eigenvalue weighted by molar-refractivity contribution is 7.98. The van der Waals surface area contributed by atoms with E-state index in [0.717, 1.165) is 5.69 Å². The van der Waals surface area contributed by atoms with E-state index in [1.54, 1.807) is 48.3 Å². The summed E-state index contributed by atoms with van der Waals surface area (Å²) in [7, 11) is -3.73. The molecule has 0 unspecified atom stereocenters. The first-order valence-corrected chi connectivity index (χ1v) is 11.0. The van der Waals surface area contributed by atoms with Crippen LogP contribution in [0.25, 0.3) is 0 Å². The van der Waals surface area contributed by atoms with E-state index in [2.05, 4.69) is 25.9 Å². The van der Waals surface area contributed by atoms with Gasteiger partial charge in [0.2, 0.25) is 5.96 Å². The van der Waals surface area contributed by atoms with Crippen LogP contribution in [-0.2, 0) is 15.8 Å². The SMILES string of the molecule is C#CCNC(=NCCSCc1ncccc1Cl)NS(=O)(=O)c1ccccc1. The predicted molar refractivity (Wildman–Crippen MR) is 111 cm³/mol. The second-order valence-electron chi connectivity index (χ2n) is 5.19. The molecular formula is C18H19ClN4O2S2. The molecule has 1 heterocycles. The van der Waals surface area contributed by atoms with E-state index in [-0.39, 0.29) is 17.4 Å². The molecule has 0 bridgehead atoms. The molecule has 9 heteroatoms. The van der Waals surface area contributed by atoms with Gasteiger partial charge in [-0.2, -0.15) is 11.8 Å². The Bertz CT molecular complexity index is 912. The van der Waals surface area contributed by atoms with Crippen molar-refractivity contribution in [1.29, 1.82) is 0 Å². The Hall–Kier alpha value is -2.21. The number of halogens is 1. The van der Waals surface area contributed by atoms with E-state index >= 15 is 0 Å². The number of terminal acetylenes is 1. The molecule has 0 aliphatic heterocycles. The monoisotopic (exact) mass is 422 g/mol. The molecule has 1 aromatic carbocycles. The van der Waals surface area contributed by atoms with Crippen LogP contribution in [0.4, 0.5) is 0 Å². The summed E-state index contributed by atoms with van der Waals surface area (Å²) in [6, 6.07) is 11.6. The molecular weight excluding hydrogens is 404 g/mol. The number of benzene rings is 1. The maximum absolute atomic E-state index is 12.4. The minimum atomic E-state index is -3.73. The van der Waals surface area contributed by atoms with Gasteiger partial charge in [-0.3, -0.25) is 9.98 Å². The Balaban J connectivity index is 1.93. The van der Waals surface area contributed by atoms with Crippen molar-refractivity contribution >= 4 is 39.3 Å². The van der Waals surface area contributed by atoms with Gasteiger partial charge in [0.1, 0.15) is 0 Å². The zero-order valence-corrected chi connectivity index (χ0v) is 16.8. The van der Waals surface area contributed by atoms with Gasteiger partial charge in [-0.1, -0.05) is 35.7 Å². The lowest BCUT2D eigenvalue weighted by Crippen LogP contribution is -2.41. The van der Waals surface area contributed by atoms with Gasteiger partial charge in [-0.05, 0) is 24.3 Å².